The van der Waals surface area contributed by atoms with Crippen LogP contribution in [0.3, 0.4) is 0 Å². The number of nitrogens with one attached hydrogen (secondary N) is 1. The van der Waals surface area contributed by atoms with Gasteiger partial charge in [-0.05, 0) is 59.4 Å². The van der Waals surface area contributed by atoms with E-state index in [9.17, 15) is 13.2 Å². The lowest BCUT2D eigenvalue weighted by Gasteiger charge is -2.25. The minimum absolute atomic E-state index is 0.0224. The lowest BCUT2D eigenvalue weighted by Crippen LogP contribution is -2.34. The summed E-state index contributed by atoms with van der Waals surface area (Å²) in [6, 6.07) is 21.4. The van der Waals surface area contributed by atoms with Crippen LogP contribution in [0.5, 0.6) is 0 Å². The number of carbonyl (C=O) groups is 1. The van der Waals surface area contributed by atoms with Crippen molar-refractivity contribution in [2.75, 3.05) is 16.2 Å². The van der Waals surface area contributed by atoms with Gasteiger partial charge >= 0.3 is 0 Å². The van der Waals surface area contributed by atoms with Gasteiger partial charge in [-0.25, -0.2) is 8.42 Å². The molecule has 0 bridgehead atoms. The number of amides is 1. The molecule has 0 radical (unpaired) electrons. The monoisotopic (exact) mass is 542 g/mol. The second-order valence-electron chi connectivity index (χ2n) is 8.79. The molecular weight excluding hydrogens is 512 g/mol. The maximum absolute atomic E-state index is 13.5. The Morgan fingerprint density at radius 3 is 1.94 bits per heavy atom. The minimum Gasteiger partial charge on any atom is -0.326 e. The Morgan fingerprint density at radius 2 is 1.41 bits per heavy atom. The van der Waals surface area contributed by atoms with Crippen LogP contribution in [0.4, 0.5) is 11.4 Å². The fraction of sp³-hybridized carbons (Fsp3) is 0.296. The SMILES string of the molecule is CC(C)c1cccc(C(C)C)c1NC(=O)CCN(c1ccccc1)S(=O)(=O)c1ccc(Br)cc1. The molecule has 0 aliphatic rings. The molecule has 0 aromatic heterocycles. The lowest BCUT2D eigenvalue weighted by atomic mass is 9.92. The van der Waals surface area contributed by atoms with Crippen LogP contribution in [0.25, 0.3) is 0 Å². The second kappa shape index (κ2) is 11.2. The number of rotatable bonds is 9. The number of halogens is 1. The van der Waals surface area contributed by atoms with E-state index in [2.05, 4.69) is 48.9 Å². The van der Waals surface area contributed by atoms with E-state index >= 15 is 0 Å². The van der Waals surface area contributed by atoms with Crippen molar-refractivity contribution in [3.63, 3.8) is 0 Å². The fourth-order valence-electron chi connectivity index (χ4n) is 3.82. The number of benzene rings is 3. The number of anilines is 2. The molecule has 7 heteroatoms. The summed E-state index contributed by atoms with van der Waals surface area (Å²) in [6.07, 6.45) is 0.0224. The van der Waals surface area contributed by atoms with Gasteiger partial charge in [-0.3, -0.25) is 9.10 Å². The first-order chi connectivity index (χ1) is 16.1. The Balaban J connectivity index is 1.87. The van der Waals surface area contributed by atoms with Crippen molar-refractivity contribution in [1.29, 1.82) is 0 Å². The van der Waals surface area contributed by atoms with Crippen molar-refractivity contribution in [3.8, 4) is 0 Å². The quantitative estimate of drug-likeness (QED) is 0.319. The predicted octanol–water partition coefficient (Wildman–Crippen LogP) is 6.92. The first-order valence-electron chi connectivity index (χ1n) is 11.4. The Hall–Kier alpha value is -2.64. The molecule has 180 valence electrons. The molecule has 1 amide bonds. The average Bonchev–Trinajstić information content (AvgIpc) is 2.80. The van der Waals surface area contributed by atoms with Crippen LogP contribution in [-0.4, -0.2) is 20.9 Å². The zero-order valence-electron chi connectivity index (χ0n) is 20.0. The Bertz CT molecular complexity index is 1200. The van der Waals surface area contributed by atoms with Crippen LogP contribution >= 0.6 is 15.9 Å². The van der Waals surface area contributed by atoms with E-state index in [1.54, 1.807) is 48.5 Å². The maximum atomic E-state index is 13.5. The highest BCUT2D eigenvalue weighted by Gasteiger charge is 2.26. The molecule has 3 rings (SSSR count). The molecule has 0 atom stereocenters. The van der Waals surface area contributed by atoms with Gasteiger partial charge in [0, 0.05) is 23.1 Å². The molecule has 34 heavy (non-hydrogen) atoms. The van der Waals surface area contributed by atoms with Crippen LogP contribution in [-0.2, 0) is 14.8 Å². The Labute approximate surface area is 211 Å². The molecule has 0 unspecified atom stereocenters. The predicted molar refractivity (Wildman–Crippen MR) is 143 cm³/mol. The van der Waals surface area contributed by atoms with Crippen LogP contribution in [0.2, 0.25) is 0 Å². The molecule has 0 aliphatic carbocycles. The molecule has 0 aliphatic heterocycles. The Kier molecular flexibility index (Phi) is 8.55. The summed E-state index contributed by atoms with van der Waals surface area (Å²) in [5.41, 5.74) is 3.49. The molecule has 0 saturated heterocycles. The van der Waals surface area contributed by atoms with E-state index in [0.29, 0.717) is 5.69 Å². The smallest absolute Gasteiger partial charge is 0.264 e. The highest BCUT2D eigenvalue weighted by atomic mass is 79.9. The highest BCUT2D eigenvalue weighted by molar-refractivity contribution is 9.10. The van der Waals surface area contributed by atoms with E-state index < -0.39 is 10.0 Å². The molecule has 5 nitrogen and oxygen atoms in total. The van der Waals surface area contributed by atoms with Crippen LogP contribution in [0.15, 0.2) is 82.2 Å². The van der Waals surface area contributed by atoms with Crippen molar-refractivity contribution in [1.82, 2.24) is 0 Å². The fourth-order valence-corrected chi connectivity index (χ4v) is 5.55. The van der Waals surface area contributed by atoms with Gasteiger partial charge in [-0.15, -0.1) is 0 Å². The second-order valence-corrected chi connectivity index (χ2v) is 11.6. The molecule has 3 aromatic rings. The van der Waals surface area contributed by atoms with Crippen LogP contribution in [0, 0.1) is 0 Å². The number of sulfonamides is 1. The summed E-state index contributed by atoms with van der Waals surface area (Å²) in [7, 11) is -3.85. The summed E-state index contributed by atoms with van der Waals surface area (Å²) in [5.74, 6) is 0.266. The van der Waals surface area contributed by atoms with Crippen molar-refractivity contribution in [3.05, 3.63) is 88.4 Å². The topological polar surface area (TPSA) is 66.5 Å². The van der Waals surface area contributed by atoms with Gasteiger partial charge < -0.3 is 5.32 Å². The third-order valence-corrected chi connectivity index (χ3v) is 8.00. The van der Waals surface area contributed by atoms with Crippen molar-refractivity contribution >= 4 is 43.2 Å². The summed E-state index contributed by atoms with van der Waals surface area (Å²) in [5, 5.41) is 3.08. The Morgan fingerprint density at radius 1 is 0.853 bits per heavy atom. The summed E-state index contributed by atoms with van der Waals surface area (Å²) in [4.78, 5) is 13.2. The zero-order valence-corrected chi connectivity index (χ0v) is 22.4. The van der Waals surface area contributed by atoms with E-state index in [-0.39, 0.29) is 35.6 Å². The third-order valence-electron chi connectivity index (χ3n) is 5.63. The molecule has 1 N–H and O–H groups in total. The average molecular weight is 544 g/mol. The number of carbonyl (C=O) groups excluding carboxylic acids is 1. The van der Waals surface area contributed by atoms with Crippen molar-refractivity contribution in [2.45, 2.75) is 50.8 Å². The summed E-state index contributed by atoms with van der Waals surface area (Å²) in [6.45, 7) is 8.40. The molecule has 0 saturated carbocycles. The highest BCUT2D eigenvalue weighted by Crippen LogP contribution is 2.32. The zero-order chi connectivity index (χ0) is 24.9. The van der Waals surface area contributed by atoms with E-state index in [0.717, 1.165) is 21.3 Å². The number of hydrogen-bond acceptors (Lipinski definition) is 3. The van der Waals surface area contributed by atoms with Gasteiger partial charge in [-0.2, -0.15) is 0 Å². The third kappa shape index (κ3) is 6.07. The van der Waals surface area contributed by atoms with Crippen molar-refractivity contribution < 1.29 is 13.2 Å². The van der Waals surface area contributed by atoms with Gasteiger partial charge in [0.2, 0.25) is 5.91 Å². The molecule has 0 heterocycles. The van der Waals surface area contributed by atoms with Gasteiger partial charge in [0.05, 0.1) is 10.6 Å². The molecule has 3 aromatic carbocycles. The lowest BCUT2D eigenvalue weighted by molar-refractivity contribution is -0.116. The van der Waals surface area contributed by atoms with Gasteiger partial charge in [-0.1, -0.05) is 80.0 Å². The van der Waals surface area contributed by atoms with E-state index in [4.69, 9.17) is 0 Å². The van der Waals surface area contributed by atoms with Crippen molar-refractivity contribution in [2.24, 2.45) is 0 Å². The maximum Gasteiger partial charge on any atom is 0.264 e. The van der Waals surface area contributed by atoms with Crippen LogP contribution in [0.1, 0.15) is 57.1 Å². The number of nitrogens with zero attached hydrogens (tertiary/aromatic N) is 1. The normalized spacial score (nSPS) is 11.6. The van der Waals surface area contributed by atoms with Gasteiger partial charge in [0.25, 0.3) is 10.0 Å². The number of para-hydroxylation sites is 2. The number of hydrogen-bond donors (Lipinski definition) is 1. The van der Waals surface area contributed by atoms with E-state index in [1.165, 1.54) is 4.31 Å². The summed E-state index contributed by atoms with van der Waals surface area (Å²) < 4.78 is 29.1. The summed E-state index contributed by atoms with van der Waals surface area (Å²) >= 11 is 3.35. The van der Waals surface area contributed by atoms with Crippen LogP contribution < -0.4 is 9.62 Å². The molecule has 0 fully saturated rings. The largest absolute Gasteiger partial charge is 0.326 e. The standard InChI is InChI=1S/C27H31BrN2O3S/c1-19(2)24-11-8-12-25(20(3)4)27(24)29-26(31)17-18-30(22-9-6-5-7-10-22)34(32,33)23-15-13-21(28)14-16-23/h5-16,19-20H,17-18H2,1-4H3,(H,29,31). The molecule has 0 spiro atoms. The first kappa shape index (κ1) is 26.0. The molecular formula is C27H31BrN2O3S. The van der Waals surface area contributed by atoms with Gasteiger partial charge in [0.1, 0.15) is 0 Å². The van der Waals surface area contributed by atoms with E-state index in [1.807, 2.05) is 24.3 Å². The first-order valence-corrected chi connectivity index (χ1v) is 13.6. The minimum atomic E-state index is -3.85. The van der Waals surface area contributed by atoms with Gasteiger partial charge in [0.15, 0.2) is 0 Å².